The van der Waals surface area contributed by atoms with Gasteiger partial charge >= 0.3 is 0 Å². The van der Waals surface area contributed by atoms with E-state index in [2.05, 4.69) is 10.6 Å². The minimum absolute atomic E-state index is 0.0575. The highest BCUT2D eigenvalue weighted by Gasteiger charge is 2.27. The Hall–Kier alpha value is -1.48. The normalized spacial score (nSPS) is 24.0. The van der Waals surface area contributed by atoms with Crippen LogP contribution < -0.4 is 10.6 Å². The van der Waals surface area contributed by atoms with E-state index in [1.807, 2.05) is 0 Å². The van der Waals surface area contributed by atoms with E-state index in [0.29, 0.717) is 50.5 Å². The number of hydrogen-bond acceptors (Lipinski definition) is 5. The van der Waals surface area contributed by atoms with Crippen LogP contribution in [0.1, 0.15) is 24.8 Å². The number of carbonyl (C=O) groups excluding carboxylic acids is 1. The summed E-state index contributed by atoms with van der Waals surface area (Å²) >= 11 is 0. The van der Waals surface area contributed by atoms with Crippen LogP contribution in [-0.4, -0.2) is 62.6 Å². The topological polar surface area (TPSA) is 98.7 Å². The molecular formula is C18H27N3O4S. The standard InChI is InChI=1S/C18H27N3O4S/c22-17-13-19-11-15(17)12-20-18(23)8-5-14-3-6-16(7-4-14)26(24,25)21-9-1-2-10-21/h3-4,6-7,15,17,19,22H,1-2,5,8-13H2,(H,20,23). The molecule has 3 N–H and O–H groups in total. The average Bonchev–Trinajstić information content (AvgIpc) is 3.31. The van der Waals surface area contributed by atoms with Gasteiger partial charge in [0.25, 0.3) is 0 Å². The molecule has 0 spiro atoms. The van der Waals surface area contributed by atoms with E-state index in [1.165, 1.54) is 4.31 Å². The van der Waals surface area contributed by atoms with E-state index < -0.39 is 16.1 Å². The molecular weight excluding hydrogens is 354 g/mol. The third-order valence-electron chi connectivity index (χ3n) is 5.13. The van der Waals surface area contributed by atoms with Crippen LogP contribution in [0.3, 0.4) is 0 Å². The molecule has 144 valence electrons. The number of β-amino-alcohol motifs (C(OH)–C–C–N with tert-alkyl or cyclic N) is 1. The van der Waals surface area contributed by atoms with Crippen LogP contribution in [0.5, 0.6) is 0 Å². The summed E-state index contributed by atoms with van der Waals surface area (Å²) in [5.41, 5.74) is 0.933. The zero-order chi connectivity index (χ0) is 18.6. The van der Waals surface area contributed by atoms with Crippen molar-refractivity contribution in [2.24, 2.45) is 5.92 Å². The number of aryl methyl sites for hydroxylation is 1. The van der Waals surface area contributed by atoms with Gasteiger partial charge in [-0.3, -0.25) is 4.79 Å². The summed E-state index contributed by atoms with van der Waals surface area (Å²) in [6.45, 7) is 2.95. The molecule has 2 aliphatic heterocycles. The van der Waals surface area contributed by atoms with Crippen molar-refractivity contribution in [2.75, 3.05) is 32.7 Å². The van der Waals surface area contributed by atoms with Crippen LogP contribution in [0.15, 0.2) is 29.2 Å². The van der Waals surface area contributed by atoms with Gasteiger partial charge in [0.05, 0.1) is 11.0 Å². The van der Waals surface area contributed by atoms with Crippen LogP contribution in [0.25, 0.3) is 0 Å². The highest BCUT2D eigenvalue weighted by molar-refractivity contribution is 7.89. The zero-order valence-electron chi connectivity index (χ0n) is 14.9. The molecule has 0 aromatic heterocycles. The van der Waals surface area contributed by atoms with Gasteiger partial charge in [-0.05, 0) is 37.0 Å². The fourth-order valence-corrected chi connectivity index (χ4v) is 4.94. The zero-order valence-corrected chi connectivity index (χ0v) is 15.7. The summed E-state index contributed by atoms with van der Waals surface area (Å²) < 4.78 is 26.5. The van der Waals surface area contributed by atoms with E-state index in [0.717, 1.165) is 18.4 Å². The first-order valence-electron chi connectivity index (χ1n) is 9.21. The number of sulfonamides is 1. The molecule has 1 aromatic rings. The van der Waals surface area contributed by atoms with Crippen molar-refractivity contribution in [3.8, 4) is 0 Å². The average molecular weight is 381 g/mol. The number of rotatable bonds is 7. The van der Waals surface area contributed by atoms with Crippen molar-refractivity contribution in [1.82, 2.24) is 14.9 Å². The first-order valence-corrected chi connectivity index (χ1v) is 10.7. The van der Waals surface area contributed by atoms with E-state index in [4.69, 9.17) is 0 Å². The number of amides is 1. The highest BCUT2D eigenvalue weighted by Crippen LogP contribution is 2.21. The van der Waals surface area contributed by atoms with E-state index >= 15 is 0 Å². The van der Waals surface area contributed by atoms with Crippen molar-refractivity contribution in [3.63, 3.8) is 0 Å². The summed E-state index contributed by atoms with van der Waals surface area (Å²) in [6, 6.07) is 6.81. The van der Waals surface area contributed by atoms with Gasteiger partial charge in [0.2, 0.25) is 15.9 Å². The van der Waals surface area contributed by atoms with Gasteiger partial charge in [-0.2, -0.15) is 4.31 Å². The Morgan fingerprint density at radius 1 is 1.19 bits per heavy atom. The van der Waals surface area contributed by atoms with Gasteiger partial charge in [-0.15, -0.1) is 0 Å². The lowest BCUT2D eigenvalue weighted by Gasteiger charge is -2.16. The Kier molecular flexibility index (Phi) is 6.29. The van der Waals surface area contributed by atoms with E-state index in [9.17, 15) is 18.3 Å². The fourth-order valence-electron chi connectivity index (χ4n) is 3.42. The highest BCUT2D eigenvalue weighted by atomic mass is 32.2. The van der Waals surface area contributed by atoms with E-state index in [-0.39, 0.29) is 11.8 Å². The second kappa shape index (κ2) is 8.47. The quantitative estimate of drug-likeness (QED) is 0.622. The number of aliphatic hydroxyl groups excluding tert-OH is 1. The molecule has 2 saturated heterocycles. The van der Waals surface area contributed by atoms with Crippen LogP contribution in [0.2, 0.25) is 0 Å². The lowest BCUT2D eigenvalue weighted by atomic mass is 10.1. The number of nitrogens with one attached hydrogen (secondary N) is 2. The summed E-state index contributed by atoms with van der Waals surface area (Å²) in [5, 5.41) is 15.7. The smallest absolute Gasteiger partial charge is 0.243 e. The molecule has 2 fully saturated rings. The maximum atomic E-state index is 12.5. The maximum Gasteiger partial charge on any atom is 0.243 e. The third-order valence-corrected chi connectivity index (χ3v) is 7.05. The molecule has 8 heteroatoms. The maximum absolute atomic E-state index is 12.5. The van der Waals surface area contributed by atoms with Gasteiger partial charge in [0.1, 0.15) is 0 Å². The predicted octanol–water partition coefficient (Wildman–Crippen LogP) is 0.100. The summed E-state index contributed by atoms with van der Waals surface area (Å²) in [4.78, 5) is 12.3. The molecule has 26 heavy (non-hydrogen) atoms. The van der Waals surface area contributed by atoms with Gasteiger partial charge in [-0.1, -0.05) is 12.1 Å². The Labute approximate surface area is 154 Å². The minimum atomic E-state index is -3.39. The Bertz CT molecular complexity index is 714. The molecule has 0 radical (unpaired) electrons. The van der Waals surface area contributed by atoms with Gasteiger partial charge in [-0.25, -0.2) is 8.42 Å². The Balaban J connectivity index is 1.47. The predicted molar refractivity (Wildman–Crippen MR) is 98.1 cm³/mol. The summed E-state index contributed by atoms with van der Waals surface area (Å²) in [7, 11) is -3.39. The molecule has 3 rings (SSSR count). The van der Waals surface area contributed by atoms with Crippen molar-refractivity contribution in [3.05, 3.63) is 29.8 Å². The molecule has 0 saturated carbocycles. The van der Waals surface area contributed by atoms with Crippen molar-refractivity contribution in [1.29, 1.82) is 0 Å². The molecule has 0 aliphatic carbocycles. The van der Waals surface area contributed by atoms with Crippen molar-refractivity contribution in [2.45, 2.75) is 36.7 Å². The molecule has 7 nitrogen and oxygen atoms in total. The van der Waals surface area contributed by atoms with Crippen LogP contribution >= 0.6 is 0 Å². The summed E-state index contributed by atoms with van der Waals surface area (Å²) in [5.74, 6) is 0.00638. The molecule has 2 heterocycles. The van der Waals surface area contributed by atoms with Crippen molar-refractivity contribution < 1.29 is 18.3 Å². The summed E-state index contributed by atoms with van der Waals surface area (Å²) in [6.07, 6.45) is 2.33. The lowest BCUT2D eigenvalue weighted by molar-refractivity contribution is -0.121. The second-order valence-corrected chi connectivity index (χ2v) is 8.98. The SMILES string of the molecule is O=C(CCc1ccc(S(=O)(=O)N2CCCC2)cc1)NCC1CNCC1O. The Morgan fingerprint density at radius 3 is 2.50 bits per heavy atom. The van der Waals surface area contributed by atoms with Crippen molar-refractivity contribution >= 4 is 15.9 Å². The lowest BCUT2D eigenvalue weighted by Crippen LogP contribution is -2.34. The first-order chi connectivity index (χ1) is 12.5. The number of nitrogens with zero attached hydrogens (tertiary/aromatic N) is 1. The third kappa shape index (κ3) is 4.62. The number of carbonyl (C=O) groups is 1. The Morgan fingerprint density at radius 2 is 1.88 bits per heavy atom. The molecule has 0 bridgehead atoms. The molecule has 2 atom stereocenters. The number of benzene rings is 1. The fraction of sp³-hybridized carbons (Fsp3) is 0.611. The monoisotopic (exact) mass is 381 g/mol. The van der Waals surface area contributed by atoms with Gasteiger partial charge < -0.3 is 15.7 Å². The number of aliphatic hydroxyl groups is 1. The second-order valence-electron chi connectivity index (χ2n) is 7.04. The van der Waals surface area contributed by atoms with Crippen LogP contribution in [0, 0.1) is 5.92 Å². The van der Waals surface area contributed by atoms with Gasteiger partial charge in [0.15, 0.2) is 0 Å². The largest absolute Gasteiger partial charge is 0.391 e. The molecule has 1 amide bonds. The minimum Gasteiger partial charge on any atom is -0.391 e. The molecule has 2 unspecified atom stereocenters. The van der Waals surface area contributed by atoms with Crippen LogP contribution in [0.4, 0.5) is 0 Å². The number of hydrogen-bond donors (Lipinski definition) is 3. The first kappa shape index (κ1) is 19.3. The van der Waals surface area contributed by atoms with E-state index in [1.54, 1.807) is 24.3 Å². The van der Waals surface area contributed by atoms with Gasteiger partial charge in [0, 0.05) is 45.1 Å². The molecule has 2 aliphatic rings. The molecule has 1 aromatic carbocycles. The van der Waals surface area contributed by atoms with Crippen LogP contribution in [-0.2, 0) is 21.2 Å².